The minimum atomic E-state index is -0.238. The number of carbonyl (C=O) groups is 2. The number of hydrogen-bond donors (Lipinski definition) is 2. The van der Waals surface area contributed by atoms with E-state index in [1.54, 1.807) is 17.9 Å². The molecule has 1 saturated carbocycles. The molecule has 5 nitrogen and oxygen atoms in total. The van der Waals surface area contributed by atoms with Gasteiger partial charge in [0.25, 0.3) is 0 Å². The summed E-state index contributed by atoms with van der Waals surface area (Å²) in [5, 5.41) is 5.97. The van der Waals surface area contributed by atoms with E-state index in [-0.39, 0.29) is 35.6 Å². The van der Waals surface area contributed by atoms with E-state index in [0.717, 1.165) is 18.4 Å². The Labute approximate surface area is 154 Å². The van der Waals surface area contributed by atoms with Crippen molar-refractivity contribution in [2.24, 2.45) is 5.92 Å². The van der Waals surface area contributed by atoms with Gasteiger partial charge in [-0.3, -0.25) is 4.79 Å². The van der Waals surface area contributed by atoms with Crippen molar-refractivity contribution in [2.45, 2.75) is 58.0 Å². The van der Waals surface area contributed by atoms with Crippen molar-refractivity contribution < 1.29 is 14.0 Å². The molecule has 1 aliphatic carbocycles. The Morgan fingerprint density at radius 1 is 1.23 bits per heavy atom. The van der Waals surface area contributed by atoms with Crippen LogP contribution in [0.25, 0.3) is 0 Å². The Bertz CT molecular complexity index is 664. The zero-order chi connectivity index (χ0) is 18.8. The molecule has 142 valence electrons. The molecule has 2 fully saturated rings. The van der Waals surface area contributed by atoms with E-state index in [4.69, 9.17) is 0 Å². The van der Waals surface area contributed by atoms with Gasteiger partial charge >= 0.3 is 6.03 Å². The Hall–Kier alpha value is -2.11. The molecule has 1 aromatic carbocycles. The fourth-order valence-electron chi connectivity index (χ4n) is 3.50. The molecule has 1 aliphatic heterocycles. The molecule has 2 aliphatic rings. The van der Waals surface area contributed by atoms with Crippen molar-refractivity contribution in [1.82, 2.24) is 15.5 Å². The maximum absolute atomic E-state index is 13.6. The number of hydrogen-bond acceptors (Lipinski definition) is 2. The van der Waals surface area contributed by atoms with Gasteiger partial charge in [-0.05, 0) is 57.2 Å². The predicted octanol–water partition coefficient (Wildman–Crippen LogP) is 2.94. The van der Waals surface area contributed by atoms with E-state index in [1.165, 1.54) is 6.07 Å². The molecule has 0 aromatic heterocycles. The van der Waals surface area contributed by atoms with E-state index in [9.17, 15) is 14.0 Å². The first kappa shape index (κ1) is 18.7. The molecule has 0 radical (unpaired) electrons. The number of nitrogens with one attached hydrogen (secondary N) is 2. The first-order valence-electron chi connectivity index (χ1n) is 9.45. The number of piperidine rings is 1. The molecule has 3 amide bonds. The summed E-state index contributed by atoms with van der Waals surface area (Å²) in [5.41, 5.74) is 1.57. The van der Waals surface area contributed by atoms with Crippen molar-refractivity contribution in [3.63, 3.8) is 0 Å². The number of likely N-dealkylation sites (tertiary alicyclic amines) is 1. The summed E-state index contributed by atoms with van der Waals surface area (Å²) in [6.45, 7) is 6.53. The fraction of sp³-hybridized carbons (Fsp3) is 0.600. The van der Waals surface area contributed by atoms with Crippen LogP contribution < -0.4 is 10.6 Å². The van der Waals surface area contributed by atoms with Crippen LogP contribution in [0.1, 0.15) is 50.2 Å². The smallest absolute Gasteiger partial charge is 0.317 e. The quantitative estimate of drug-likeness (QED) is 0.866. The van der Waals surface area contributed by atoms with Crippen LogP contribution in [0.4, 0.5) is 9.18 Å². The molecule has 26 heavy (non-hydrogen) atoms. The van der Waals surface area contributed by atoms with Crippen LogP contribution in [-0.4, -0.2) is 42.0 Å². The monoisotopic (exact) mass is 361 g/mol. The standard InChI is InChI=1S/C20H28FN3O2/c1-12(2)22-20(26)24-10-15(14-4-7-18(21)13(3)8-14)9-16(11-24)19(25)23-17-5-6-17/h4,7-8,12,15-17H,5-6,9-11H2,1-3H3,(H,22,26)(H,23,25). The summed E-state index contributed by atoms with van der Waals surface area (Å²) in [6, 6.07) is 5.26. The Kier molecular flexibility index (Phi) is 5.49. The molecule has 0 bridgehead atoms. The summed E-state index contributed by atoms with van der Waals surface area (Å²) in [7, 11) is 0. The van der Waals surface area contributed by atoms with Crippen molar-refractivity contribution in [3.8, 4) is 0 Å². The average molecular weight is 361 g/mol. The third kappa shape index (κ3) is 4.54. The maximum Gasteiger partial charge on any atom is 0.317 e. The van der Waals surface area contributed by atoms with Crippen LogP contribution in [0.5, 0.6) is 0 Å². The van der Waals surface area contributed by atoms with Crippen LogP contribution >= 0.6 is 0 Å². The van der Waals surface area contributed by atoms with E-state index >= 15 is 0 Å². The van der Waals surface area contributed by atoms with E-state index < -0.39 is 0 Å². The molecule has 1 saturated heterocycles. The lowest BCUT2D eigenvalue weighted by atomic mass is 9.83. The zero-order valence-electron chi connectivity index (χ0n) is 15.7. The van der Waals surface area contributed by atoms with Crippen LogP contribution in [-0.2, 0) is 4.79 Å². The number of rotatable bonds is 4. The summed E-state index contributed by atoms with van der Waals surface area (Å²) >= 11 is 0. The van der Waals surface area contributed by atoms with Crippen molar-refractivity contribution in [3.05, 3.63) is 35.1 Å². The number of urea groups is 1. The van der Waals surface area contributed by atoms with Gasteiger partial charge in [-0.15, -0.1) is 0 Å². The summed E-state index contributed by atoms with van der Waals surface area (Å²) in [5.74, 6) is -0.422. The van der Waals surface area contributed by atoms with Crippen LogP contribution in [0.3, 0.4) is 0 Å². The lowest BCUT2D eigenvalue weighted by Gasteiger charge is -2.38. The molecule has 2 N–H and O–H groups in total. The first-order valence-corrected chi connectivity index (χ1v) is 9.45. The molecule has 1 aromatic rings. The number of carbonyl (C=O) groups excluding carboxylic acids is 2. The highest BCUT2D eigenvalue weighted by Gasteiger charge is 2.36. The molecule has 1 heterocycles. The van der Waals surface area contributed by atoms with E-state index in [1.807, 2.05) is 19.9 Å². The van der Waals surface area contributed by atoms with Crippen LogP contribution in [0.15, 0.2) is 18.2 Å². The van der Waals surface area contributed by atoms with E-state index in [2.05, 4.69) is 10.6 Å². The summed E-state index contributed by atoms with van der Waals surface area (Å²) in [4.78, 5) is 26.9. The first-order chi connectivity index (χ1) is 12.3. The normalized spacial score (nSPS) is 23.0. The van der Waals surface area contributed by atoms with Gasteiger partial charge in [-0.25, -0.2) is 9.18 Å². The zero-order valence-corrected chi connectivity index (χ0v) is 15.7. The lowest BCUT2D eigenvalue weighted by molar-refractivity contribution is -0.126. The topological polar surface area (TPSA) is 61.4 Å². The molecule has 2 atom stereocenters. The van der Waals surface area contributed by atoms with Gasteiger partial charge in [0.1, 0.15) is 5.82 Å². The van der Waals surface area contributed by atoms with Crippen LogP contribution in [0.2, 0.25) is 0 Å². The Morgan fingerprint density at radius 3 is 2.58 bits per heavy atom. The SMILES string of the molecule is Cc1cc(C2CC(C(=O)NC3CC3)CN(C(=O)NC(C)C)C2)ccc1F. The second kappa shape index (κ2) is 7.64. The molecular formula is C20H28FN3O2. The highest BCUT2D eigenvalue weighted by atomic mass is 19.1. The third-order valence-corrected chi connectivity index (χ3v) is 5.10. The van der Waals surface area contributed by atoms with Gasteiger partial charge in [0.2, 0.25) is 5.91 Å². The largest absolute Gasteiger partial charge is 0.353 e. The number of benzene rings is 1. The summed E-state index contributed by atoms with van der Waals surface area (Å²) in [6.07, 6.45) is 2.75. The van der Waals surface area contributed by atoms with Gasteiger partial charge < -0.3 is 15.5 Å². The Morgan fingerprint density at radius 2 is 1.96 bits per heavy atom. The number of nitrogens with zero attached hydrogens (tertiary/aromatic N) is 1. The third-order valence-electron chi connectivity index (χ3n) is 5.10. The fourth-order valence-corrected chi connectivity index (χ4v) is 3.50. The molecular weight excluding hydrogens is 333 g/mol. The van der Waals surface area contributed by atoms with Gasteiger partial charge in [-0.2, -0.15) is 0 Å². The molecule has 6 heteroatoms. The Balaban J connectivity index is 1.79. The van der Waals surface area contributed by atoms with E-state index in [0.29, 0.717) is 31.1 Å². The van der Waals surface area contributed by atoms with Crippen molar-refractivity contribution in [2.75, 3.05) is 13.1 Å². The van der Waals surface area contributed by atoms with Gasteiger partial charge in [0.15, 0.2) is 0 Å². The number of amides is 3. The summed E-state index contributed by atoms with van der Waals surface area (Å²) < 4.78 is 13.6. The maximum atomic E-state index is 13.6. The number of aryl methyl sites for hydroxylation is 1. The second-order valence-electron chi connectivity index (χ2n) is 7.93. The van der Waals surface area contributed by atoms with Crippen LogP contribution in [0, 0.1) is 18.7 Å². The minimum absolute atomic E-state index is 0.0240. The van der Waals surface area contributed by atoms with Crippen molar-refractivity contribution in [1.29, 1.82) is 0 Å². The highest BCUT2D eigenvalue weighted by Crippen LogP contribution is 2.32. The van der Waals surface area contributed by atoms with Gasteiger partial charge in [-0.1, -0.05) is 12.1 Å². The molecule has 0 spiro atoms. The van der Waals surface area contributed by atoms with Gasteiger partial charge in [0.05, 0.1) is 5.92 Å². The predicted molar refractivity (Wildman–Crippen MR) is 98.4 cm³/mol. The van der Waals surface area contributed by atoms with Crippen molar-refractivity contribution >= 4 is 11.9 Å². The highest BCUT2D eigenvalue weighted by molar-refractivity contribution is 5.81. The number of halogens is 1. The lowest BCUT2D eigenvalue weighted by Crippen LogP contribution is -2.52. The molecule has 2 unspecified atom stereocenters. The van der Waals surface area contributed by atoms with Gasteiger partial charge in [0, 0.05) is 31.1 Å². The average Bonchev–Trinajstić information content (AvgIpc) is 3.40. The minimum Gasteiger partial charge on any atom is -0.353 e. The second-order valence-corrected chi connectivity index (χ2v) is 7.93. The molecule has 3 rings (SSSR count).